The van der Waals surface area contributed by atoms with Gasteiger partial charge in [0.25, 0.3) is 7.37 Å². The van der Waals surface area contributed by atoms with Gasteiger partial charge < -0.3 is 38.0 Å². The third kappa shape index (κ3) is 9.80. The van der Waals surface area contributed by atoms with E-state index in [1.807, 2.05) is 74.5 Å². The molecule has 4 atom stereocenters. The maximum absolute atomic E-state index is 13.2. The molecule has 2 aromatic rings. The van der Waals surface area contributed by atoms with Gasteiger partial charge in [-0.05, 0) is 29.9 Å². The number of benzene rings is 2. The maximum atomic E-state index is 13.2. The summed E-state index contributed by atoms with van der Waals surface area (Å²) in [5.74, 6) is -3.19. The molecule has 1 amide bonds. The highest BCUT2D eigenvalue weighted by Crippen LogP contribution is 2.46. The fourth-order valence-electron chi connectivity index (χ4n) is 3.61. The summed E-state index contributed by atoms with van der Waals surface area (Å²) in [7, 11) is -3.81. The van der Waals surface area contributed by atoms with E-state index in [2.05, 4.69) is 11.1 Å². The molecule has 0 saturated heterocycles. The minimum absolute atomic E-state index is 0. The summed E-state index contributed by atoms with van der Waals surface area (Å²) in [5, 5.41) is 12.1. The normalized spacial score (nSPS) is 15.5. The van der Waals surface area contributed by atoms with E-state index in [1.54, 1.807) is 0 Å². The van der Waals surface area contributed by atoms with Crippen molar-refractivity contribution >= 4 is 19.2 Å². The molecule has 0 fully saturated rings. The molecule has 0 aliphatic carbocycles. The van der Waals surface area contributed by atoms with Crippen molar-refractivity contribution in [2.45, 2.75) is 44.9 Å². The average Bonchev–Trinajstić information content (AvgIpc) is 2.73. The number of rotatable bonds is 12. The SMILES string of the molecule is CC(C)C[C@H](NC(=O)[C@H](Cc1ccccc1)CP(=O)(O)[C@@H]([NH3+])Cc1ccccc1)C(=O)O.[Br-]. The third-order valence-electron chi connectivity index (χ3n) is 5.38. The molecule has 2 aromatic carbocycles. The summed E-state index contributed by atoms with van der Waals surface area (Å²) in [6.07, 6.45) is 0.577. The van der Waals surface area contributed by atoms with E-state index < -0.39 is 37.0 Å². The Balaban J connectivity index is 0.00000544. The molecule has 2 rings (SSSR count). The van der Waals surface area contributed by atoms with Crippen LogP contribution in [0.25, 0.3) is 0 Å². The first-order valence-corrected chi connectivity index (χ1v) is 12.8. The Hall–Kier alpha value is -1.99. The highest BCUT2D eigenvalue weighted by atomic mass is 79.9. The van der Waals surface area contributed by atoms with Crippen LogP contribution in [-0.2, 0) is 27.0 Å². The van der Waals surface area contributed by atoms with Crippen LogP contribution in [0.3, 0.4) is 0 Å². The zero-order valence-electron chi connectivity index (χ0n) is 19.1. The highest BCUT2D eigenvalue weighted by Gasteiger charge is 2.37. The molecule has 6 N–H and O–H groups in total. The van der Waals surface area contributed by atoms with Crippen molar-refractivity contribution in [1.29, 1.82) is 0 Å². The van der Waals surface area contributed by atoms with Gasteiger partial charge in [-0.2, -0.15) is 0 Å². The molecule has 0 heterocycles. The summed E-state index contributed by atoms with van der Waals surface area (Å²) >= 11 is 0. The van der Waals surface area contributed by atoms with Crippen molar-refractivity contribution in [2.75, 3.05) is 6.16 Å². The van der Waals surface area contributed by atoms with E-state index >= 15 is 0 Å². The second-order valence-corrected chi connectivity index (χ2v) is 11.3. The molecule has 0 spiro atoms. The number of halogens is 1. The number of aliphatic carboxylic acids is 1. The average molecular weight is 541 g/mol. The summed E-state index contributed by atoms with van der Waals surface area (Å²) in [6, 6.07) is 17.5. The Morgan fingerprint density at radius 2 is 1.45 bits per heavy atom. The second-order valence-electron chi connectivity index (χ2n) is 8.70. The Morgan fingerprint density at radius 1 is 0.970 bits per heavy atom. The van der Waals surface area contributed by atoms with Gasteiger partial charge in [-0.25, -0.2) is 4.79 Å². The van der Waals surface area contributed by atoms with Gasteiger partial charge in [0, 0.05) is 12.6 Å². The predicted molar refractivity (Wildman–Crippen MR) is 124 cm³/mol. The van der Waals surface area contributed by atoms with E-state index in [4.69, 9.17) is 0 Å². The summed E-state index contributed by atoms with van der Waals surface area (Å²) in [4.78, 5) is 35.5. The van der Waals surface area contributed by atoms with Crippen LogP contribution in [0.1, 0.15) is 31.4 Å². The van der Waals surface area contributed by atoms with Gasteiger partial charge in [-0.1, -0.05) is 74.5 Å². The smallest absolute Gasteiger partial charge is 0.326 e. The lowest BCUT2D eigenvalue weighted by molar-refractivity contribution is -0.391. The predicted octanol–water partition coefficient (Wildman–Crippen LogP) is -0.454. The number of nitrogens with one attached hydrogen (secondary N) is 1. The van der Waals surface area contributed by atoms with Crippen LogP contribution in [-0.4, -0.2) is 39.9 Å². The summed E-state index contributed by atoms with van der Waals surface area (Å²) in [6.45, 7) is 3.75. The molecular formula is C24H34BrN2O5P. The number of amides is 1. The molecule has 9 heteroatoms. The van der Waals surface area contributed by atoms with Gasteiger partial charge in [0.05, 0.1) is 5.92 Å². The minimum atomic E-state index is -3.81. The maximum Gasteiger partial charge on any atom is 0.326 e. The van der Waals surface area contributed by atoms with Crippen molar-refractivity contribution in [3.8, 4) is 0 Å². The minimum Gasteiger partial charge on any atom is -1.00 e. The molecular weight excluding hydrogens is 507 g/mol. The quantitative estimate of drug-likeness (QED) is 0.271. The van der Waals surface area contributed by atoms with E-state index in [0.717, 1.165) is 11.1 Å². The van der Waals surface area contributed by atoms with Crippen molar-refractivity contribution in [1.82, 2.24) is 5.32 Å². The number of carboxylic acid groups (broad SMARTS) is 1. The lowest BCUT2D eigenvalue weighted by Gasteiger charge is -2.24. The fraction of sp³-hybridized carbons (Fsp3) is 0.417. The molecule has 1 unspecified atom stereocenters. The van der Waals surface area contributed by atoms with Crippen LogP contribution in [0.15, 0.2) is 60.7 Å². The Labute approximate surface area is 206 Å². The van der Waals surface area contributed by atoms with Crippen LogP contribution < -0.4 is 28.0 Å². The first kappa shape index (κ1) is 29.0. The zero-order valence-corrected chi connectivity index (χ0v) is 21.5. The topological polar surface area (TPSA) is 131 Å². The second kappa shape index (κ2) is 13.7. The molecule has 0 saturated carbocycles. The number of hydrogen-bond acceptors (Lipinski definition) is 3. The van der Waals surface area contributed by atoms with Crippen molar-refractivity contribution in [3.63, 3.8) is 0 Å². The summed E-state index contributed by atoms with van der Waals surface area (Å²) < 4.78 is 13.2. The molecule has 0 bridgehead atoms. The van der Waals surface area contributed by atoms with Gasteiger partial charge in [-0.3, -0.25) is 9.36 Å². The first-order chi connectivity index (χ1) is 15.1. The van der Waals surface area contributed by atoms with Gasteiger partial charge in [0.15, 0.2) is 5.78 Å². The number of carboxylic acids is 1. The van der Waals surface area contributed by atoms with Gasteiger partial charge >= 0.3 is 5.97 Å². The largest absolute Gasteiger partial charge is 1.00 e. The molecule has 0 aliphatic heterocycles. The molecule has 7 nitrogen and oxygen atoms in total. The Kier molecular flexibility index (Phi) is 12.0. The van der Waals surface area contributed by atoms with Crippen LogP contribution in [0, 0.1) is 11.8 Å². The standard InChI is InChI=1S/C24H33N2O5P.BrH/c1-17(2)13-21(24(28)29)26-23(27)20(14-18-9-5-3-6-10-18)16-32(30,31)22(25)15-19-11-7-4-8-12-19;/h3-12,17,20-22H,13-16,25H2,1-2H3,(H,26,27)(H,28,29)(H,30,31);1H/t20-,21+,22-;/m1./s1. The fourth-order valence-corrected chi connectivity index (χ4v) is 5.34. The molecule has 0 aromatic heterocycles. The number of carbonyl (C=O) groups is 2. The van der Waals surface area contributed by atoms with E-state index in [-0.39, 0.29) is 41.9 Å². The monoisotopic (exact) mass is 540 g/mol. The van der Waals surface area contributed by atoms with Crippen molar-refractivity contribution < 1.29 is 46.9 Å². The lowest BCUT2D eigenvalue weighted by Crippen LogP contribution is -3.00. The zero-order chi connectivity index (χ0) is 23.7. The van der Waals surface area contributed by atoms with Crippen LogP contribution in [0.4, 0.5) is 0 Å². The van der Waals surface area contributed by atoms with Gasteiger partial charge in [0.1, 0.15) is 6.04 Å². The lowest BCUT2D eigenvalue weighted by atomic mass is 9.98. The number of carbonyl (C=O) groups excluding carboxylic acids is 1. The van der Waals surface area contributed by atoms with Gasteiger partial charge in [-0.15, -0.1) is 0 Å². The third-order valence-corrected chi connectivity index (χ3v) is 7.67. The van der Waals surface area contributed by atoms with Crippen LogP contribution in [0.5, 0.6) is 0 Å². The first-order valence-electron chi connectivity index (χ1n) is 10.8. The van der Waals surface area contributed by atoms with E-state index in [0.29, 0.717) is 6.42 Å². The van der Waals surface area contributed by atoms with Crippen LogP contribution in [0.2, 0.25) is 0 Å². The molecule has 182 valence electrons. The van der Waals surface area contributed by atoms with E-state index in [9.17, 15) is 24.2 Å². The number of hydrogen-bond donors (Lipinski definition) is 4. The summed E-state index contributed by atoms with van der Waals surface area (Å²) in [5.41, 5.74) is 5.65. The molecule has 0 aliphatic rings. The van der Waals surface area contributed by atoms with E-state index in [1.165, 1.54) is 0 Å². The van der Waals surface area contributed by atoms with Crippen molar-refractivity contribution in [3.05, 3.63) is 71.8 Å². The molecule has 33 heavy (non-hydrogen) atoms. The molecule has 0 radical (unpaired) electrons. The van der Waals surface area contributed by atoms with Crippen molar-refractivity contribution in [2.24, 2.45) is 11.8 Å². The number of quaternary nitrogens is 1. The Morgan fingerprint density at radius 3 is 1.91 bits per heavy atom. The Bertz CT molecular complexity index is 927. The van der Waals surface area contributed by atoms with Crippen LogP contribution >= 0.6 is 7.37 Å². The highest BCUT2D eigenvalue weighted by molar-refractivity contribution is 7.58. The van der Waals surface area contributed by atoms with Gasteiger partial charge in [0.2, 0.25) is 5.91 Å².